The lowest BCUT2D eigenvalue weighted by atomic mass is 10.0. The normalized spacial score (nSPS) is 22.6. The van der Waals surface area contributed by atoms with Crippen molar-refractivity contribution < 1.29 is 4.74 Å². The summed E-state index contributed by atoms with van der Waals surface area (Å²) in [4.78, 5) is 0. The van der Waals surface area contributed by atoms with Gasteiger partial charge in [0, 0.05) is 19.2 Å². The molecule has 2 rings (SSSR count). The fourth-order valence-electron chi connectivity index (χ4n) is 2.18. The number of hydrogen-bond donors (Lipinski definition) is 1. The molecule has 0 fully saturated rings. The number of allylic oxidation sites excluding steroid dienone is 1. The minimum absolute atomic E-state index is 0.398. The van der Waals surface area contributed by atoms with Crippen LogP contribution in [0.15, 0.2) is 18.2 Å². The van der Waals surface area contributed by atoms with Crippen molar-refractivity contribution in [3.8, 4) is 5.88 Å². The molecule has 0 saturated carbocycles. The fraction of sp³-hybridized carbons (Fsp3) is 0.615. The second-order valence-electron chi connectivity index (χ2n) is 4.51. The van der Waals surface area contributed by atoms with Gasteiger partial charge in [0.1, 0.15) is 0 Å². The van der Waals surface area contributed by atoms with Gasteiger partial charge in [-0.2, -0.15) is 5.10 Å². The quantitative estimate of drug-likeness (QED) is 0.819. The number of anilines is 1. The van der Waals surface area contributed by atoms with E-state index in [-0.39, 0.29) is 0 Å². The lowest BCUT2D eigenvalue weighted by Gasteiger charge is -2.16. The Morgan fingerprint density at radius 1 is 1.41 bits per heavy atom. The van der Waals surface area contributed by atoms with E-state index in [0.717, 1.165) is 11.7 Å². The summed E-state index contributed by atoms with van der Waals surface area (Å²) in [6.07, 6.45) is 10.8. The Morgan fingerprint density at radius 2 is 2.29 bits per heavy atom. The topological polar surface area (TPSA) is 39.1 Å². The summed E-state index contributed by atoms with van der Waals surface area (Å²) in [6, 6.07) is 2.34. The molecular formula is C13H21N3O. The lowest BCUT2D eigenvalue weighted by molar-refractivity contribution is 0.373. The highest BCUT2D eigenvalue weighted by atomic mass is 16.5. The molecule has 0 spiro atoms. The molecule has 1 aliphatic rings. The molecule has 1 aromatic rings. The van der Waals surface area contributed by atoms with E-state index in [2.05, 4.69) is 22.6 Å². The first-order valence-electron chi connectivity index (χ1n) is 6.31. The number of hydrogen-bond acceptors (Lipinski definition) is 3. The van der Waals surface area contributed by atoms with Crippen LogP contribution in [0.2, 0.25) is 0 Å². The number of rotatable bonds is 3. The van der Waals surface area contributed by atoms with Crippen molar-refractivity contribution in [1.82, 2.24) is 9.78 Å². The standard InChI is InChI=1S/C13H21N3O/c1-16-13(17-2)10-12(15-16)14-11-8-6-4-3-5-7-9-11/h6,8,10-11H,3-5,7,9H2,1-2H3,(H,14,15)/b8-6+. The Labute approximate surface area is 103 Å². The molecule has 0 aliphatic heterocycles. The van der Waals surface area contributed by atoms with E-state index in [1.165, 1.54) is 32.1 Å². The van der Waals surface area contributed by atoms with Crippen LogP contribution in [-0.4, -0.2) is 22.9 Å². The summed E-state index contributed by atoms with van der Waals surface area (Å²) >= 11 is 0. The van der Waals surface area contributed by atoms with Gasteiger partial charge in [-0.25, -0.2) is 4.68 Å². The van der Waals surface area contributed by atoms with E-state index in [1.54, 1.807) is 11.8 Å². The molecule has 94 valence electrons. The van der Waals surface area contributed by atoms with Crippen LogP contribution in [-0.2, 0) is 7.05 Å². The van der Waals surface area contributed by atoms with Crippen LogP contribution in [0.3, 0.4) is 0 Å². The molecule has 1 aliphatic carbocycles. The van der Waals surface area contributed by atoms with E-state index < -0.39 is 0 Å². The molecule has 1 atom stereocenters. The average molecular weight is 235 g/mol. The smallest absolute Gasteiger partial charge is 0.213 e. The van der Waals surface area contributed by atoms with Gasteiger partial charge in [-0.15, -0.1) is 0 Å². The number of aryl methyl sites for hydroxylation is 1. The van der Waals surface area contributed by atoms with Crippen molar-refractivity contribution in [1.29, 1.82) is 0 Å². The number of nitrogens with zero attached hydrogens (tertiary/aromatic N) is 2. The number of methoxy groups -OCH3 is 1. The van der Waals surface area contributed by atoms with Crippen molar-refractivity contribution in [3.05, 3.63) is 18.2 Å². The molecule has 4 nitrogen and oxygen atoms in total. The highest BCUT2D eigenvalue weighted by Crippen LogP contribution is 2.19. The van der Waals surface area contributed by atoms with Gasteiger partial charge >= 0.3 is 0 Å². The van der Waals surface area contributed by atoms with Crippen LogP contribution in [0.5, 0.6) is 5.88 Å². The van der Waals surface area contributed by atoms with Gasteiger partial charge in [0.2, 0.25) is 5.88 Å². The SMILES string of the molecule is COc1cc(NC2/C=C/CCCCC2)nn1C. The molecule has 0 bridgehead atoms. The van der Waals surface area contributed by atoms with Gasteiger partial charge in [-0.05, 0) is 19.3 Å². The van der Waals surface area contributed by atoms with Crippen LogP contribution in [0, 0.1) is 0 Å². The van der Waals surface area contributed by atoms with E-state index in [9.17, 15) is 0 Å². The Morgan fingerprint density at radius 3 is 3.06 bits per heavy atom. The summed E-state index contributed by atoms with van der Waals surface area (Å²) in [5.74, 6) is 1.67. The van der Waals surface area contributed by atoms with Crippen LogP contribution < -0.4 is 10.1 Å². The zero-order valence-corrected chi connectivity index (χ0v) is 10.6. The largest absolute Gasteiger partial charge is 0.481 e. The first-order chi connectivity index (χ1) is 8.29. The Balaban J connectivity index is 2.00. The number of nitrogens with one attached hydrogen (secondary N) is 1. The first-order valence-corrected chi connectivity index (χ1v) is 6.31. The maximum Gasteiger partial charge on any atom is 0.213 e. The zero-order chi connectivity index (χ0) is 12.1. The molecule has 0 radical (unpaired) electrons. The second-order valence-corrected chi connectivity index (χ2v) is 4.51. The maximum atomic E-state index is 5.20. The average Bonchev–Trinajstić information content (AvgIpc) is 2.62. The monoisotopic (exact) mass is 235 g/mol. The molecule has 1 aromatic heterocycles. The molecule has 0 saturated heterocycles. The Hall–Kier alpha value is -1.45. The van der Waals surface area contributed by atoms with Crippen LogP contribution in [0.4, 0.5) is 5.82 Å². The third kappa shape index (κ3) is 3.25. The number of ether oxygens (including phenoxy) is 1. The molecule has 1 heterocycles. The molecule has 0 amide bonds. The van der Waals surface area contributed by atoms with Gasteiger partial charge in [0.05, 0.1) is 7.11 Å². The molecular weight excluding hydrogens is 214 g/mol. The molecule has 4 heteroatoms. The van der Waals surface area contributed by atoms with Crippen LogP contribution >= 0.6 is 0 Å². The summed E-state index contributed by atoms with van der Waals surface area (Å²) in [6.45, 7) is 0. The highest BCUT2D eigenvalue weighted by Gasteiger charge is 2.10. The molecule has 1 unspecified atom stereocenters. The summed E-state index contributed by atoms with van der Waals surface area (Å²) < 4.78 is 6.95. The van der Waals surface area contributed by atoms with Crippen molar-refractivity contribution in [2.45, 2.75) is 38.1 Å². The summed E-state index contributed by atoms with van der Waals surface area (Å²) in [5, 5.41) is 7.82. The lowest BCUT2D eigenvalue weighted by Crippen LogP contribution is -2.17. The molecule has 1 N–H and O–H groups in total. The minimum Gasteiger partial charge on any atom is -0.481 e. The predicted molar refractivity (Wildman–Crippen MR) is 69.4 cm³/mol. The van der Waals surface area contributed by atoms with Crippen molar-refractivity contribution in [2.75, 3.05) is 12.4 Å². The van der Waals surface area contributed by atoms with E-state index >= 15 is 0 Å². The van der Waals surface area contributed by atoms with Crippen molar-refractivity contribution in [2.24, 2.45) is 7.05 Å². The predicted octanol–water partition coefficient (Wildman–Crippen LogP) is 2.73. The zero-order valence-electron chi connectivity index (χ0n) is 10.6. The maximum absolute atomic E-state index is 5.20. The third-order valence-electron chi connectivity index (χ3n) is 3.13. The molecule has 17 heavy (non-hydrogen) atoms. The van der Waals surface area contributed by atoms with Crippen LogP contribution in [0.25, 0.3) is 0 Å². The fourth-order valence-corrected chi connectivity index (χ4v) is 2.18. The van der Waals surface area contributed by atoms with Gasteiger partial charge in [-0.3, -0.25) is 0 Å². The Bertz CT molecular complexity index is 384. The van der Waals surface area contributed by atoms with Gasteiger partial charge in [-0.1, -0.05) is 25.0 Å². The van der Waals surface area contributed by atoms with Crippen molar-refractivity contribution in [3.63, 3.8) is 0 Å². The second kappa shape index (κ2) is 5.75. The van der Waals surface area contributed by atoms with E-state index in [4.69, 9.17) is 4.74 Å². The minimum atomic E-state index is 0.398. The van der Waals surface area contributed by atoms with Gasteiger partial charge in [0.15, 0.2) is 5.82 Å². The first kappa shape index (κ1) is 12.0. The third-order valence-corrected chi connectivity index (χ3v) is 3.13. The van der Waals surface area contributed by atoms with Gasteiger partial charge in [0.25, 0.3) is 0 Å². The van der Waals surface area contributed by atoms with Crippen LogP contribution in [0.1, 0.15) is 32.1 Å². The number of aromatic nitrogens is 2. The summed E-state index contributed by atoms with van der Waals surface area (Å²) in [5.41, 5.74) is 0. The summed E-state index contributed by atoms with van der Waals surface area (Å²) in [7, 11) is 3.55. The van der Waals surface area contributed by atoms with Gasteiger partial charge < -0.3 is 10.1 Å². The van der Waals surface area contributed by atoms with Crippen molar-refractivity contribution >= 4 is 5.82 Å². The van der Waals surface area contributed by atoms with E-state index in [0.29, 0.717) is 6.04 Å². The van der Waals surface area contributed by atoms with E-state index in [1.807, 2.05) is 13.1 Å². The molecule has 0 aromatic carbocycles. The Kier molecular flexibility index (Phi) is 4.07. The highest BCUT2D eigenvalue weighted by molar-refractivity contribution is 5.40.